The highest BCUT2D eigenvalue weighted by Crippen LogP contribution is 2.22. The first-order chi connectivity index (χ1) is 11.1. The van der Waals surface area contributed by atoms with Gasteiger partial charge in [0, 0.05) is 25.5 Å². The van der Waals surface area contributed by atoms with E-state index < -0.39 is 8.56 Å². The van der Waals surface area contributed by atoms with Crippen LogP contribution in [0.3, 0.4) is 0 Å². The number of piperidine rings is 2. The lowest BCUT2D eigenvalue weighted by atomic mass is 10.00. The third kappa shape index (κ3) is 6.13. The molecule has 0 N–H and O–H groups in total. The summed E-state index contributed by atoms with van der Waals surface area (Å²) < 4.78 is 12.7. The van der Waals surface area contributed by atoms with Crippen LogP contribution in [-0.2, 0) is 8.85 Å². The van der Waals surface area contributed by atoms with E-state index in [0.717, 1.165) is 37.4 Å². The lowest BCUT2D eigenvalue weighted by molar-refractivity contribution is 0.118. The molecule has 0 unspecified atom stereocenters. The fourth-order valence-electron chi connectivity index (χ4n) is 3.92. The molecule has 136 valence electrons. The molecule has 0 aromatic heterocycles. The second-order valence-electron chi connectivity index (χ2n) is 7.69. The monoisotopic (exact) mass is 342 g/mol. The number of hydrogen-bond acceptors (Lipinski definition) is 4. The molecule has 2 heterocycles. The van der Waals surface area contributed by atoms with Crippen LogP contribution in [0.5, 0.6) is 0 Å². The van der Waals surface area contributed by atoms with Gasteiger partial charge in [-0.15, -0.1) is 0 Å². The summed E-state index contributed by atoms with van der Waals surface area (Å²) in [7, 11) is -2.16. The second kappa shape index (κ2) is 9.52. The van der Waals surface area contributed by atoms with Crippen LogP contribution >= 0.6 is 0 Å². The van der Waals surface area contributed by atoms with Gasteiger partial charge in [0.2, 0.25) is 0 Å². The van der Waals surface area contributed by atoms with Gasteiger partial charge in [0.15, 0.2) is 0 Å². The molecule has 5 heteroatoms. The van der Waals surface area contributed by atoms with Crippen LogP contribution in [0.25, 0.3) is 0 Å². The Morgan fingerprint density at radius 3 is 1.39 bits per heavy atom. The first-order valence-electron chi connectivity index (χ1n) is 9.79. The second-order valence-corrected chi connectivity index (χ2v) is 10.7. The highest BCUT2D eigenvalue weighted by atomic mass is 28.4. The topological polar surface area (TPSA) is 24.9 Å². The maximum absolute atomic E-state index is 6.36. The summed E-state index contributed by atoms with van der Waals surface area (Å²) in [5, 5.41) is 0. The maximum atomic E-state index is 6.36. The summed E-state index contributed by atoms with van der Waals surface area (Å²) in [4.78, 5) is 5.23. The molecule has 0 aromatic carbocycles. The van der Waals surface area contributed by atoms with E-state index in [1.165, 1.54) is 51.9 Å². The lowest BCUT2D eigenvalue weighted by Gasteiger charge is -2.41. The molecule has 4 nitrogen and oxygen atoms in total. The summed E-state index contributed by atoms with van der Waals surface area (Å²) in [6.07, 6.45) is 7.39. The molecule has 0 saturated carbocycles. The van der Waals surface area contributed by atoms with E-state index in [4.69, 9.17) is 8.85 Å². The molecule has 0 aromatic rings. The Bertz CT molecular complexity index is 295. The van der Waals surface area contributed by atoms with Gasteiger partial charge < -0.3 is 18.7 Å². The molecule has 0 atom stereocenters. The van der Waals surface area contributed by atoms with Gasteiger partial charge >= 0.3 is 8.56 Å². The standard InChI is InChI=1S/C18H38N2O2Si/c1-5-21-23(22-6-2,15-19-11-7-17(3)8-12-19)16-20-13-9-18(4)10-14-20/h17-18H,5-16H2,1-4H3. The van der Waals surface area contributed by atoms with E-state index in [9.17, 15) is 0 Å². The van der Waals surface area contributed by atoms with E-state index in [2.05, 4.69) is 37.5 Å². The molecule has 2 aliphatic rings. The molecule has 2 saturated heterocycles. The van der Waals surface area contributed by atoms with Gasteiger partial charge in [0.25, 0.3) is 0 Å². The van der Waals surface area contributed by atoms with Crippen LogP contribution in [-0.4, -0.2) is 70.1 Å². The fraction of sp³-hybridized carbons (Fsp3) is 1.00. The molecule has 0 amide bonds. The molecule has 0 bridgehead atoms. The zero-order valence-corrected chi connectivity index (χ0v) is 16.9. The summed E-state index contributed by atoms with van der Waals surface area (Å²) >= 11 is 0. The average molecular weight is 343 g/mol. The Kier molecular flexibility index (Phi) is 8.02. The van der Waals surface area contributed by atoms with Crippen molar-refractivity contribution in [3.63, 3.8) is 0 Å². The molecule has 0 radical (unpaired) electrons. The van der Waals surface area contributed by atoms with Crippen molar-refractivity contribution in [2.45, 2.75) is 53.4 Å². The Labute approximate surface area is 144 Å². The Morgan fingerprint density at radius 2 is 1.09 bits per heavy atom. The van der Waals surface area contributed by atoms with E-state index >= 15 is 0 Å². The molecular formula is C18H38N2O2Si. The van der Waals surface area contributed by atoms with E-state index in [-0.39, 0.29) is 0 Å². The van der Waals surface area contributed by atoms with Crippen LogP contribution in [0.2, 0.25) is 0 Å². The van der Waals surface area contributed by atoms with Crippen molar-refractivity contribution in [2.75, 3.05) is 51.7 Å². The first-order valence-corrected chi connectivity index (χ1v) is 12.0. The minimum Gasteiger partial charge on any atom is -0.393 e. The SMILES string of the molecule is CCO[Si](CN1CCC(C)CC1)(CN1CCC(C)CC1)OCC. The largest absolute Gasteiger partial charge is 0.393 e. The maximum Gasteiger partial charge on any atom is 0.367 e. The van der Waals surface area contributed by atoms with Gasteiger partial charge in [-0.3, -0.25) is 0 Å². The van der Waals surface area contributed by atoms with Gasteiger partial charge in [-0.05, 0) is 77.5 Å². The molecule has 2 aliphatic heterocycles. The predicted octanol–water partition coefficient (Wildman–Crippen LogP) is 3.04. The van der Waals surface area contributed by atoms with Gasteiger partial charge in [-0.2, -0.15) is 0 Å². The molecule has 2 fully saturated rings. The first kappa shape index (κ1) is 19.4. The minimum absolute atomic E-state index is 0.778. The number of hydrogen-bond donors (Lipinski definition) is 0. The fourth-order valence-corrected chi connectivity index (χ4v) is 7.52. The van der Waals surface area contributed by atoms with Crippen LogP contribution < -0.4 is 0 Å². The molecule has 0 spiro atoms. The van der Waals surface area contributed by atoms with Crippen molar-refractivity contribution in [3.8, 4) is 0 Å². The zero-order valence-electron chi connectivity index (χ0n) is 15.9. The predicted molar refractivity (Wildman–Crippen MR) is 98.7 cm³/mol. The quantitative estimate of drug-likeness (QED) is 0.633. The minimum atomic E-state index is -2.16. The van der Waals surface area contributed by atoms with Crippen molar-refractivity contribution < 1.29 is 8.85 Å². The van der Waals surface area contributed by atoms with Crippen molar-refractivity contribution in [3.05, 3.63) is 0 Å². The zero-order chi connectivity index (χ0) is 16.7. The lowest BCUT2D eigenvalue weighted by Crippen LogP contribution is -2.61. The normalized spacial score (nSPS) is 23.5. The van der Waals surface area contributed by atoms with Crippen molar-refractivity contribution >= 4 is 8.56 Å². The number of rotatable bonds is 8. The van der Waals surface area contributed by atoms with Crippen LogP contribution in [0.15, 0.2) is 0 Å². The Morgan fingerprint density at radius 1 is 0.739 bits per heavy atom. The van der Waals surface area contributed by atoms with Gasteiger partial charge in [-0.25, -0.2) is 0 Å². The van der Waals surface area contributed by atoms with Crippen molar-refractivity contribution in [1.29, 1.82) is 0 Å². The summed E-state index contributed by atoms with van der Waals surface area (Å²) in [6.45, 7) is 15.4. The van der Waals surface area contributed by atoms with Crippen molar-refractivity contribution in [1.82, 2.24) is 9.80 Å². The highest BCUT2D eigenvalue weighted by molar-refractivity contribution is 6.67. The molecule has 23 heavy (non-hydrogen) atoms. The Hall–Kier alpha value is 0.0569. The third-order valence-corrected chi connectivity index (χ3v) is 8.98. The summed E-state index contributed by atoms with van der Waals surface area (Å²) in [6, 6.07) is 0. The van der Waals surface area contributed by atoms with Gasteiger partial charge in [0.05, 0.1) is 0 Å². The highest BCUT2D eigenvalue weighted by Gasteiger charge is 2.42. The number of nitrogens with zero attached hydrogens (tertiary/aromatic N) is 2. The van der Waals surface area contributed by atoms with Crippen LogP contribution in [0.1, 0.15) is 53.4 Å². The van der Waals surface area contributed by atoms with Crippen LogP contribution in [0.4, 0.5) is 0 Å². The van der Waals surface area contributed by atoms with Crippen molar-refractivity contribution in [2.24, 2.45) is 11.8 Å². The Balaban J connectivity index is 1.98. The third-order valence-electron chi connectivity index (χ3n) is 5.50. The number of likely N-dealkylation sites (tertiary alicyclic amines) is 2. The van der Waals surface area contributed by atoms with Gasteiger partial charge in [-0.1, -0.05) is 13.8 Å². The van der Waals surface area contributed by atoms with Gasteiger partial charge in [0.1, 0.15) is 0 Å². The smallest absolute Gasteiger partial charge is 0.367 e. The molecular weight excluding hydrogens is 304 g/mol. The van der Waals surface area contributed by atoms with E-state index in [0.29, 0.717) is 0 Å². The summed E-state index contributed by atoms with van der Waals surface area (Å²) in [5.41, 5.74) is 0. The average Bonchev–Trinajstić information content (AvgIpc) is 2.52. The molecule has 0 aliphatic carbocycles. The molecule has 2 rings (SSSR count). The van der Waals surface area contributed by atoms with E-state index in [1.54, 1.807) is 0 Å². The van der Waals surface area contributed by atoms with E-state index in [1.807, 2.05) is 0 Å². The summed E-state index contributed by atoms with van der Waals surface area (Å²) in [5.74, 6) is 1.76. The van der Waals surface area contributed by atoms with Crippen LogP contribution in [0, 0.1) is 11.8 Å².